The number of nitrogens with one attached hydrogen (secondary N) is 1. The molecule has 0 unspecified atom stereocenters. The number of nitrogens with zero attached hydrogens (tertiary/aromatic N) is 5. The van der Waals surface area contributed by atoms with Gasteiger partial charge in [0, 0.05) is 42.3 Å². The first-order chi connectivity index (χ1) is 18.1. The summed E-state index contributed by atoms with van der Waals surface area (Å²) in [6, 6.07) is 2.21. The Hall–Kier alpha value is -4.22. The average molecular weight is 522 g/mol. The fourth-order valence-electron chi connectivity index (χ4n) is 4.52. The molecule has 12 heteroatoms. The van der Waals surface area contributed by atoms with Gasteiger partial charge in [0.25, 0.3) is 0 Å². The fourth-order valence-corrected chi connectivity index (χ4v) is 4.52. The molecular weight excluding hydrogens is 493 g/mol. The molecule has 1 aliphatic heterocycles. The summed E-state index contributed by atoms with van der Waals surface area (Å²) in [5, 5.41) is 12.6. The third-order valence-corrected chi connectivity index (χ3v) is 6.41. The van der Waals surface area contributed by atoms with E-state index in [4.69, 9.17) is 14.9 Å². The minimum atomic E-state index is -1.02. The number of fused-ring (bicyclic) bond motifs is 1. The zero-order valence-corrected chi connectivity index (χ0v) is 22.2. The lowest BCUT2D eigenvalue weighted by molar-refractivity contribution is 0.250. The fraction of sp³-hybridized carbons (Fsp3) is 0.308. The van der Waals surface area contributed by atoms with Gasteiger partial charge < -0.3 is 14.9 Å². The number of aromatic nitrogens is 3. The van der Waals surface area contributed by atoms with Crippen LogP contribution in [0, 0.1) is 24.0 Å². The Kier molecular flexibility index (Phi) is 7.52. The Morgan fingerprint density at radius 1 is 1.21 bits per heavy atom. The Bertz CT molecular complexity index is 1430. The summed E-state index contributed by atoms with van der Waals surface area (Å²) in [4.78, 5) is 21.0. The summed E-state index contributed by atoms with van der Waals surface area (Å²) in [6.07, 6.45) is 3.43. The van der Waals surface area contributed by atoms with E-state index in [1.165, 1.54) is 19.1 Å². The molecule has 3 aromatic rings. The molecule has 38 heavy (non-hydrogen) atoms. The second-order valence-corrected chi connectivity index (χ2v) is 8.98. The molecule has 4 rings (SSSR count). The van der Waals surface area contributed by atoms with E-state index in [0.29, 0.717) is 29.8 Å². The van der Waals surface area contributed by atoms with Crippen LogP contribution in [-0.4, -0.2) is 54.6 Å². The average Bonchev–Trinajstić information content (AvgIpc) is 3.23. The van der Waals surface area contributed by atoms with Crippen LogP contribution in [0.4, 0.5) is 25.0 Å². The maximum absolute atomic E-state index is 15.5. The Balaban J connectivity index is 1.91. The van der Waals surface area contributed by atoms with Gasteiger partial charge in [0.15, 0.2) is 23.1 Å². The van der Waals surface area contributed by atoms with Gasteiger partial charge in [-0.25, -0.2) is 13.6 Å². The van der Waals surface area contributed by atoms with Crippen molar-refractivity contribution >= 4 is 30.4 Å². The van der Waals surface area contributed by atoms with Crippen LogP contribution in [0.15, 0.2) is 36.1 Å². The number of rotatable bonds is 8. The zero-order valence-electron chi connectivity index (χ0n) is 22.2. The van der Waals surface area contributed by atoms with Gasteiger partial charge in [0.2, 0.25) is 0 Å². The number of amides is 2. The quantitative estimate of drug-likeness (QED) is 0.349. The van der Waals surface area contributed by atoms with Gasteiger partial charge >= 0.3 is 6.03 Å². The van der Waals surface area contributed by atoms with Crippen molar-refractivity contribution in [3.63, 3.8) is 0 Å². The van der Waals surface area contributed by atoms with Gasteiger partial charge in [-0.05, 0) is 25.5 Å². The van der Waals surface area contributed by atoms with Crippen molar-refractivity contribution in [2.45, 2.75) is 27.2 Å². The monoisotopic (exact) mass is 522 g/mol. The number of carbonyl (C=O) groups excluding carboxylic acids is 1. The molecule has 198 valence electrons. The number of ether oxygens (including phenoxy) is 2. The first kappa shape index (κ1) is 26.8. The summed E-state index contributed by atoms with van der Waals surface area (Å²) < 4.78 is 42.7. The normalized spacial score (nSPS) is 13.5. The van der Waals surface area contributed by atoms with Crippen LogP contribution >= 0.6 is 0 Å². The predicted octanol–water partition coefficient (Wildman–Crippen LogP) is 4.44. The third-order valence-electron chi connectivity index (χ3n) is 6.41. The largest absolute Gasteiger partial charge is 0.493 e. The Morgan fingerprint density at radius 3 is 2.39 bits per heavy atom. The number of benzene rings is 1. The van der Waals surface area contributed by atoms with E-state index in [-0.39, 0.29) is 30.3 Å². The summed E-state index contributed by atoms with van der Waals surface area (Å²) in [5.41, 5.74) is 3.62. The Labute approximate surface area is 220 Å². The first-order valence-electron chi connectivity index (χ1n) is 12.0. The number of methoxy groups -OCH3 is 2. The summed E-state index contributed by atoms with van der Waals surface area (Å²) in [7, 11) is 4.96. The van der Waals surface area contributed by atoms with E-state index in [9.17, 15) is 4.79 Å². The summed E-state index contributed by atoms with van der Waals surface area (Å²) in [6.45, 7) is 5.33. The van der Waals surface area contributed by atoms with E-state index < -0.39 is 23.4 Å². The van der Waals surface area contributed by atoms with Crippen LogP contribution in [0.3, 0.4) is 0 Å². The zero-order chi connectivity index (χ0) is 27.7. The number of halogens is 2. The highest BCUT2D eigenvalue weighted by Gasteiger charge is 2.37. The van der Waals surface area contributed by atoms with Gasteiger partial charge in [0.05, 0.1) is 44.4 Å². The van der Waals surface area contributed by atoms with Crippen molar-refractivity contribution < 1.29 is 23.0 Å². The van der Waals surface area contributed by atoms with Crippen LogP contribution in [0.25, 0.3) is 11.3 Å². The van der Waals surface area contributed by atoms with E-state index in [0.717, 1.165) is 22.2 Å². The highest BCUT2D eigenvalue weighted by atomic mass is 19.1. The van der Waals surface area contributed by atoms with Crippen molar-refractivity contribution in [3.05, 3.63) is 59.0 Å². The van der Waals surface area contributed by atoms with Crippen molar-refractivity contribution in [2.75, 3.05) is 30.6 Å². The molecule has 3 heterocycles. The minimum Gasteiger partial charge on any atom is -0.493 e. The molecule has 0 aliphatic carbocycles. The van der Waals surface area contributed by atoms with Crippen molar-refractivity contribution in [1.29, 1.82) is 5.41 Å². The number of pyridine rings is 1. The molecule has 0 fully saturated rings. The van der Waals surface area contributed by atoms with E-state index in [2.05, 4.69) is 10.1 Å². The van der Waals surface area contributed by atoms with Crippen LogP contribution < -0.4 is 19.3 Å². The molecule has 2 aromatic heterocycles. The topological polar surface area (TPSA) is 96.6 Å². The van der Waals surface area contributed by atoms with Crippen LogP contribution in [0.5, 0.6) is 11.5 Å². The van der Waals surface area contributed by atoms with Crippen molar-refractivity contribution in [1.82, 2.24) is 14.8 Å². The molecule has 0 radical (unpaired) electrons. The van der Waals surface area contributed by atoms with Crippen LogP contribution in [-0.2, 0) is 13.6 Å². The molecule has 0 saturated heterocycles. The molecule has 9 nitrogen and oxygen atoms in total. The number of anilines is 2. The van der Waals surface area contributed by atoms with Crippen LogP contribution in [0.1, 0.15) is 18.2 Å². The lowest BCUT2D eigenvalue weighted by Gasteiger charge is -2.38. The molecule has 0 spiro atoms. The Morgan fingerprint density at radius 2 is 1.87 bits per heavy atom. The smallest absolute Gasteiger partial charge is 0.329 e. The number of hydrogen-bond acceptors (Lipinski definition) is 6. The number of carbonyl (C=O) groups is 1. The highest BCUT2D eigenvalue weighted by Crippen LogP contribution is 2.41. The second-order valence-electron chi connectivity index (χ2n) is 8.98. The number of aryl methyl sites for hydroxylation is 2. The molecule has 2 amide bonds. The number of urea groups is 1. The lowest BCUT2D eigenvalue weighted by Crippen LogP contribution is -2.49. The number of hydrogen-bond donors (Lipinski definition) is 1. The van der Waals surface area contributed by atoms with Crippen molar-refractivity contribution in [2.24, 2.45) is 7.05 Å². The maximum Gasteiger partial charge on any atom is 0.329 e. The lowest BCUT2D eigenvalue weighted by atomic mass is 9.79. The van der Waals surface area contributed by atoms with E-state index in [1.807, 2.05) is 33.0 Å². The molecule has 1 aliphatic rings. The molecule has 0 bridgehead atoms. The summed E-state index contributed by atoms with van der Waals surface area (Å²) in [5.74, 6) is -0.704. The first-order valence-corrected chi connectivity index (χ1v) is 12.0. The molecule has 1 aromatic carbocycles. The standard InChI is InChI=1S/C26H29BF2N6O3/c1-14(30)16(9-27-3)11-34-20-7-19(18-13-33(4)32-15(18)2)31-10-17(20)12-35(26(34)36)25-23(28)21(37-5)8-22(38-6)24(25)29/h7-10,13,27,30H,11-12H2,1-6H3/b16-9-,30-14?. The third kappa shape index (κ3) is 4.73. The highest BCUT2D eigenvalue weighted by molar-refractivity contribution is 6.41. The minimum absolute atomic E-state index is 0.0331. The second kappa shape index (κ2) is 10.6. The summed E-state index contributed by atoms with van der Waals surface area (Å²) >= 11 is 0. The molecule has 1 N–H and O–H groups in total. The van der Waals surface area contributed by atoms with Crippen LogP contribution in [0.2, 0.25) is 6.82 Å². The predicted molar refractivity (Wildman–Crippen MR) is 144 cm³/mol. The SMILES string of the molecule is CB/C=C(/CN1C(=O)N(c2c(F)c(OC)cc(OC)c2F)Cc2cnc(-c3cn(C)nc3C)cc21)C(C)=N. The molecule has 0 atom stereocenters. The van der Waals surface area contributed by atoms with Gasteiger partial charge in [-0.3, -0.25) is 19.5 Å². The van der Waals surface area contributed by atoms with E-state index >= 15 is 8.78 Å². The van der Waals surface area contributed by atoms with Gasteiger partial charge in [-0.1, -0.05) is 6.82 Å². The molecule has 0 saturated carbocycles. The van der Waals surface area contributed by atoms with E-state index in [1.54, 1.807) is 23.9 Å². The van der Waals surface area contributed by atoms with Gasteiger partial charge in [-0.15, -0.1) is 5.98 Å². The molecular formula is C26H29BF2N6O3. The maximum atomic E-state index is 15.5. The van der Waals surface area contributed by atoms with Gasteiger partial charge in [-0.2, -0.15) is 5.10 Å². The van der Waals surface area contributed by atoms with Gasteiger partial charge in [0.1, 0.15) is 13.0 Å². The van der Waals surface area contributed by atoms with Crippen molar-refractivity contribution in [3.8, 4) is 22.8 Å².